The second-order valence-corrected chi connectivity index (χ2v) is 4.86. The molecule has 1 atom stereocenters. The lowest BCUT2D eigenvalue weighted by molar-refractivity contribution is 0.414. The van der Waals surface area contributed by atoms with Crippen LogP contribution in [-0.2, 0) is 5.75 Å². The van der Waals surface area contributed by atoms with E-state index in [0.29, 0.717) is 11.1 Å². The van der Waals surface area contributed by atoms with Gasteiger partial charge in [0.05, 0.1) is 7.11 Å². The number of thioether (sulfide) groups is 1. The molecule has 0 fully saturated rings. The molecule has 0 saturated heterocycles. The Balaban J connectivity index is 2.50. The summed E-state index contributed by atoms with van der Waals surface area (Å²) >= 11 is 7.59. The first kappa shape index (κ1) is 11.7. The maximum Gasteiger partial charge on any atom is 0.119 e. The van der Waals surface area contributed by atoms with E-state index in [1.807, 2.05) is 23.9 Å². The SMILES string of the molecule is COc1cccc(CSC(C)CCl)c1. The molecule has 78 valence electrons. The van der Waals surface area contributed by atoms with E-state index in [9.17, 15) is 0 Å². The third-order valence-corrected chi connectivity index (χ3v) is 3.77. The Morgan fingerprint density at radius 2 is 2.29 bits per heavy atom. The predicted octanol–water partition coefficient (Wildman–Crippen LogP) is 3.56. The van der Waals surface area contributed by atoms with Crippen LogP contribution >= 0.6 is 23.4 Å². The van der Waals surface area contributed by atoms with Crippen molar-refractivity contribution in [1.29, 1.82) is 0 Å². The van der Waals surface area contributed by atoms with Crippen molar-refractivity contribution in [2.24, 2.45) is 0 Å². The average molecular weight is 231 g/mol. The van der Waals surface area contributed by atoms with E-state index in [4.69, 9.17) is 16.3 Å². The predicted molar refractivity (Wildman–Crippen MR) is 64.5 cm³/mol. The summed E-state index contributed by atoms with van der Waals surface area (Å²) in [5, 5.41) is 0.503. The minimum atomic E-state index is 0.503. The van der Waals surface area contributed by atoms with Crippen LogP contribution in [0.3, 0.4) is 0 Å². The van der Waals surface area contributed by atoms with Crippen molar-refractivity contribution < 1.29 is 4.74 Å². The largest absolute Gasteiger partial charge is 0.497 e. The molecule has 1 unspecified atom stereocenters. The molecule has 14 heavy (non-hydrogen) atoms. The molecule has 0 amide bonds. The van der Waals surface area contributed by atoms with Gasteiger partial charge >= 0.3 is 0 Å². The maximum atomic E-state index is 5.73. The van der Waals surface area contributed by atoms with E-state index in [1.165, 1.54) is 5.56 Å². The fourth-order valence-corrected chi connectivity index (χ4v) is 2.06. The minimum absolute atomic E-state index is 0.503. The zero-order valence-corrected chi connectivity index (χ0v) is 10.1. The lowest BCUT2D eigenvalue weighted by Crippen LogP contribution is -1.97. The van der Waals surface area contributed by atoms with Gasteiger partial charge in [-0.1, -0.05) is 19.1 Å². The molecule has 0 aliphatic heterocycles. The van der Waals surface area contributed by atoms with Crippen LogP contribution in [0.5, 0.6) is 5.75 Å². The Morgan fingerprint density at radius 1 is 1.50 bits per heavy atom. The number of rotatable bonds is 5. The number of alkyl halides is 1. The van der Waals surface area contributed by atoms with Crippen molar-refractivity contribution in [1.82, 2.24) is 0 Å². The van der Waals surface area contributed by atoms with Gasteiger partial charge in [-0.25, -0.2) is 0 Å². The van der Waals surface area contributed by atoms with Crippen molar-refractivity contribution in [3.63, 3.8) is 0 Å². The number of halogens is 1. The standard InChI is InChI=1S/C11H15ClOS/c1-9(7-12)14-8-10-4-3-5-11(6-10)13-2/h3-6,9H,7-8H2,1-2H3. The molecular formula is C11H15ClOS. The summed E-state index contributed by atoms with van der Waals surface area (Å²) in [7, 11) is 1.69. The molecule has 1 nitrogen and oxygen atoms in total. The molecule has 0 spiro atoms. The van der Waals surface area contributed by atoms with Crippen LogP contribution in [-0.4, -0.2) is 18.2 Å². The van der Waals surface area contributed by atoms with Gasteiger partial charge in [0.25, 0.3) is 0 Å². The van der Waals surface area contributed by atoms with Crippen LogP contribution in [0.25, 0.3) is 0 Å². The van der Waals surface area contributed by atoms with E-state index < -0.39 is 0 Å². The third kappa shape index (κ3) is 3.81. The molecule has 0 heterocycles. The van der Waals surface area contributed by atoms with Crippen LogP contribution in [0.15, 0.2) is 24.3 Å². The van der Waals surface area contributed by atoms with E-state index in [1.54, 1.807) is 7.11 Å². The fraction of sp³-hybridized carbons (Fsp3) is 0.455. The fourth-order valence-electron chi connectivity index (χ4n) is 1.05. The molecule has 1 aromatic carbocycles. The van der Waals surface area contributed by atoms with E-state index in [-0.39, 0.29) is 0 Å². The molecular weight excluding hydrogens is 216 g/mol. The number of hydrogen-bond donors (Lipinski definition) is 0. The molecule has 3 heteroatoms. The summed E-state index contributed by atoms with van der Waals surface area (Å²) in [6.07, 6.45) is 0. The van der Waals surface area contributed by atoms with Crippen LogP contribution in [0, 0.1) is 0 Å². The van der Waals surface area contributed by atoms with Crippen molar-refractivity contribution in [3.8, 4) is 5.75 Å². The smallest absolute Gasteiger partial charge is 0.119 e. The third-order valence-electron chi connectivity index (χ3n) is 1.89. The van der Waals surface area contributed by atoms with E-state index in [2.05, 4.69) is 19.1 Å². The highest BCUT2D eigenvalue weighted by molar-refractivity contribution is 7.99. The first-order chi connectivity index (χ1) is 6.76. The monoisotopic (exact) mass is 230 g/mol. The zero-order chi connectivity index (χ0) is 10.4. The number of methoxy groups -OCH3 is 1. The number of ether oxygens (including phenoxy) is 1. The average Bonchev–Trinajstić information content (AvgIpc) is 2.26. The Kier molecular flexibility index (Phi) is 5.20. The van der Waals surface area contributed by atoms with Crippen molar-refractivity contribution in [3.05, 3.63) is 29.8 Å². The second kappa shape index (κ2) is 6.20. The number of benzene rings is 1. The van der Waals surface area contributed by atoms with Crippen LogP contribution in [0.2, 0.25) is 0 Å². The Morgan fingerprint density at radius 3 is 2.93 bits per heavy atom. The Hall–Kier alpha value is -0.340. The van der Waals surface area contributed by atoms with E-state index in [0.717, 1.165) is 11.5 Å². The van der Waals surface area contributed by atoms with Crippen molar-refractivity contribution >= 4 is 23.4 Å². The summed E-state index contributed by atoms with van der Waals surface area (Å²) in [5.41, 5.74) is 1.28. The van der Waals surface area contributed by atoms with Gasteiger partial charge in [-0.15, -0.1) is 11.6 Å². The van der Waals surface area contributed by atoms with Gasteiger partial charge < -0.3 is 4.74 Å². The molecule has 0 aliphatic rings. The first-order valence-corrected chi connectivity index (χ1v) is 6.15. The molecule has 1 aromatic rings. The van der Waals surface area contributed by atoms with Gasteiger partial charge in [0.2, 0.25) is 0 Å². The normalized spacial score (nSPS) is 12.5. The summed E-state index contributed by atoms with van der Waals surface area (Å²) in [6.45, 7) is 2.14. The second-order valence-electron chi connectivity index (χ2n) is 3.13. The lowest BCUT2D eigenvalue weighted by atomic mass is 10.2. The van der Waals surface area contributed by atoms with Crippen LogP contribution < -0.4 is 4.74 Å². The lowest BCUT2D eigenvalue weighted by Gasteiger charge is -2.07. The van der Waals surface area contributed by atoms with Gasteiger partial charge in [0.15, 0.2) is 0 Å². The molecule has 0 aromatic heterocycles. The topological polar surface area (TPSA) is 9.23 Å². The summed E-state index contributed by atoms with van der Waals surface area (Å²) in [4.78, 5) is 0. The molecule has 0 aliphatic carbocycles. The van der Waals surface area contributed by atoms with Gasteiger partial charge in [0.1, 0.15) is 5.75 Å². The Labute approximate surface area is 94.8 Å². The number of hydrogen-bond acceptors (Lipinski definition) is 2. The minimum Gasteiger partial charge on any atom is -0.497 e. The molecule has 0 bridgehead atoms. The highest BCUT2D eigenvalue weighted by Gasteiger charge is 2.01. The van der Waals surface area contributed by atoms with Crippen LogP contribution in [0.4, 0.5) is 0 Å². The molecule has 0 N–H and O–H groups in total. The quantitative estimate of drug-likeness (QED) is 0.716. The summed E-state index contributed by atoms with van der Waals surface area (Å²) in [5.74, 6) is 2.61. The van der Waals surface area contributed by atoms with Gasteiger partial charge in [0, 0.05) is 16.9 Å². The maximum absolute atomic E-state index is 5.73. The van der Waals surface area contributed by atoms with Crippen molar-refractivity contribution in [2.45, 2.75) is 17.9 Å². The van der Waals surface area contributed by atoms with Gasteiger partial charge in [-0.05, 0) is 17.7 Å². The summed E-state index contributed by atoms with van der Waals surface area (Å²) in [6, 6.07) is 8.14. The molecule has 0 radical (unpaired) electrons. The zero-order valence-electron chi connectivity index (χ0n) is 8.50. The van der Waals surface area contributed by atoms with E-state index >= 15 is 0 Å². The van der Waals surface area contributed by atoms with Gasteiger partial charge in [-0.2, -0.15) is 11.8 Å². The first-order valence-electron chi connectivity index (χ1n) is 4.56. The molecule has 0 saturated carbocycles. The summed E-state index contributed by atoms with van der Waals surface area (Å²) < 4.78 is 5.15. The highest BCUT2D eigenvalue weighted by Crippen LogP contribution is 2.21. The van der Waals surface area contributed by atoms with Crippen LogP contribution in [0.1, 0.15) is 12.5 Å². The van der Waals surface area contributed by atoms with Gasteiger partial charge in [-0.3, -0.25) is 0 Å². The highest BCUT2D eigenvalue weighted by atomic mass is 35.5. The molecule has 1 rings (SSSR count). The Bertz CT molecular complexity index is 278. The van der Waals surface area contributed by atoms with Crippen molar-refractivity contribution in [2.75, 3.05) is 13.0 Å².